The summed E-state index contributed by atoms with van der Waals surface area (Å²) in [5.74, 6) is -1.33. The van der Waals surface area contributed by atoms with Gasteiger partial charge in [0.25, 0.3) is 5.91 Å². The predicted molar refractivity (Wildman–Crippen MR) is 64.7 cm³/mol. The Kier molecular flexibility index (Phi) is 4.48. The van der Waals surface area contributed by atoms with Gasteiger partial charge in [0, 0.05) is 6.54 Å². The minimum Gasteiger partial charge on any atom is -0.388 e. The second-order valence-electron chi connectivity index (χ2n) is 4.13. The topological polar surface area (TPSA) is 49.3 Å². The molecule has 17 heavy (non-hydrogen) atoms. The maximum Gasteiger partial charge on any atom is 0.254 e. The molecule has 0 bridgehead atoms. The van der Waals surface area contributed by atoms with Crippen LogP contribution < -0.4 is 5.32 Å². The van der Waals surface area contributed by atoms with E-state index in [2.05, 4.69) is 5.32 Å². The van der Waals surface area contributed by atoms with Crippen molar-refractivity contribution in [1.29, 1.82) is 0 Å². The molecular weight excluding hydrogens is 245 g/mol. The van der Waals surface area contributed by atoms with Crippen LogP contribution >= 0.6 is 11.6 Å². The largest absolute Gasteiger partial charge is 0.388 e. The summed E-state index contributed by atoms with van der Waals surface area (Å²) in [6.45, 7) is 3.46. The molecule has 5 heteroatoms. The van der Waals surface area contributed by atoms with Crippen molar-refractivity contribution in [2.45, 2.75) is 25.9 Å². The molecular formula is C12H15ClFNO2. The number of hydrogen-bond donors (Lipinski definition) is 2. The van der Waals surface area contributed by atoms with Gasteiger partial charge in [-0.05, 0) is 25.5 Å². The Balaban J connectivity index is 2.74. The first-order chi connectivity index (χ1) is 7.87. The molecule has 0 aliphatic carbocycles. The number of carbonyl (C=O) groups is 1. The van der Waals surface area contributed by atoms with E-state index in [-0.39, 0.29) is 17.1 Å². The van der Waals surface area contributed by atoms with E-state index in [0.29, 0.717) is 6.42 Å². The quantitative estimate of drug-likeness (QED) is 0.872. The summed E-state index contributed by atoms with van der Waals surface area (Å²) in [6.07, 6.45) is 0.491. The van der Waals surface area contributed by atoms with Crippen LogP contribution in [0.2, 0.25) is 5.02 Å². The van der Waals surface area contributed by atoms with E-state index in [4.69, 9.17) is 11.6 Å². The number of amides is 1. The molecule has 0 aliphatic rings. The van der Waals surface area contributed by atoms with E-state index in [0.717, 1.165) is 0 Å². The molecule has 1 unspecified atom stereocenters. The molecule has 0 saturated carbocycles. The van der Waals surface area contributed by atoms with Crippen LogP contribution in [0.1, 0.15) is 30.6 Å². The van der Waals surface area contributed by atoms with Crippen molar-refractivity contribution in [2.24, 2.45) is 0 Å². The number of nitrogens with one attached hydrogen (secondary N) is 1. The molecule has 1 aromatic carbocycles. The number of hydrogen-bond acceptors (Lipinski definition) is 2. The zero-order chi connectivity index (χ0) is 13.1. The van der Waals surface area contributed by atoms with Gasteiger partial charge in [0.05, 0.1) is 16.2 Å². The summed E-state index contributed by atoms with van der Waals surface area (Å²) in [6, 6.07) is 4.21. The van der Waals surface area contributed by atoms with E-state index in [1.165, 1.54) is 18.2 Å². The second-order valence-corrected chi connectivity index (χ2v) is 4.54. The number of rotatable bonds is 4. The maximum absolute atomic E-state index is 13.5. The van der Waals surface area contributed by atoms with Gasteiger partial charge in [-0.3, -0.25) is 4.79 Å². The Morgan fingerprint density at radius 3 is 2.82 bits per heavy atom. The number of carbonyl (C=O) groups excluding carboxylic acids is 1. The minimum absolute atomic E-state index is 0.0638. The van der Waals surface area contributed by atoms with E-state index < -0.39 is 17.3 Å². The summed E-state index contributed by atoms with van der Waals surface area (Å²) < 4.78 is 13.5. The van der Waals surface area contributed by atoms with Crippen molar-refractivity contribution in [3.05, 3.63) is 34.6 Å². The highest BCUT2D eigenvalue weighted by Crippen LogP contribution is 2.17. The zero-order valence-electron chi connectivity index (χ0n) is 9.76. The van der Waals surface area contributed by atoms with Crippen LogP contribution in [-0.4, -0.2) is 23.2 Å². The van der Waals surface area contributed by atoms with Gasteiger partial charge < -0.3 is 10.4 Å². The minimum atomic E-state index is -0.995. The van der Waals surface area contributed by atoms with Gasteiger partial charge in [0.15, 0.2) is 5.82 Å². The van der Waals surface area contributed by atoms with Crippen LogP contribution in [0.5, 0.6) is 0 Å². The Morgan fingerprint density at radius 1 is 1.59 bits per heavy atom. The lowest BCUT2D eigenvalue weighted by molar-refractivity contribution is 0.0517. The summed E-state index contributed by atoms with van der Waals surface area (Å²) in [4.78, 5) is 11.7. The molecule has 0 aliphatic heterocycles. The van der Waals surface area contributed by atoms with Crippen LogP contribution in [0, 0.1) is 5.82 Å². The van der Waals surface area contributed by atoms with Gasteiger partial charge >= 0.3 is 0 Å². The molecule has 2 N–H and O–H groups in total. The fraction of sp³-hybridized carbons (Fsp3) is 0.417. The first kappa shape index (κ1) is 13.9. The highest BCUT2D eigenvalue weighted by molar-refractivity contribution is 6.31. The maximum atomic E-state index is 13.5. The normalized spacial score (nSPS) is 14.2. The van der Waals surface area contributed by atoms with Gasteiger partial charge in [-0.1, -0.05) is 24.6 Å². The number of benzene rings is 1. The molecule has 1 amide bonds. The molecule has 94 valence electrons. The van der Waals surface area contributed by atoms with Gasteiger partial charge in [0.1, 0.15) is 0 Å². The van der Waals surface area contributed by atoms with Crippen LogP contribution in [0.25, 0.3) is 0 Å². The third-order valence-electron chi connectivity index (χ3n) is 2.59. The Morgan fingerprint density at radius 2 is 2.24 bits per heavy atom. The van der Waals surface area contributed by atoms with Crippen LogP contribution in [0.15, 0.2) is 18.2 Å². The molecule has 0 heterocycles. The van der Waals surface area contributed by atoms with Crippen molar-refractivity contribution >= 4 is 17.5 Å². The average Bonchev–Trinajstić information content (AvgIpc) is 2.30. The van der Waals surface area contributed by atoms with E-state index in [1.807, 2.05) is 0 Å². The highest BCUT2D eigenvalue weighted by Gasteiger charge is 2.20. The van der Waals surface area contributed by atoms with E-state index >= 15 is 0 Å². The van der Waals surface area contributed by atoms with Gasteiger partial charge in [-0.25, -0.2) is 4.39 Å². The lowest BCUT2D eigenvalue weighted by atomic mass is 10.0. The highest BCUT2D eigenvalue weighted by atomic mass is 35.5. The average molecular weight is 260 g/mol. The molecule has 0 aromatic heterocycles. The molecule has 1 rings (SSSR count). The number of aliphatic hydroxyl groups is 1. The number of halogens is 2. The summed E-state index contributed by atoms with van der Waals surface area (Å²) in [5, 5.41) is 12.1. The zero-order valence-corrected chi connectivity index (χ0v) is 10.5. The van der Waals surface area contributed by atoms with E-state index in [1.54, 1.807) is 13.8 Å². The molecule has 0 fully saturated rings. The fourth-order valence-electron chi connectivity index (χ4n) is 1.17. The van der Waals surface area contributed by atoms with Gasteiger partial charge in [-0.2, -0.15) is 0 Å². The van der Waals surface area contributed by atoms with Crippen LogP contribution in [0.4, 0.5) is 4.39 Å². The first-order valence-electron chi connectivity index (χ1n) is 5.32. The van der Waals surface area contributed by atoms with E-state index in [9.17, 15) is 14.3 Å². The molecule has 0 spiro atoms. The lowest BCUT2D eigenvalue weighted by Gasteiger charge is -2.21. The fourth-order valence-corrected chi connectivity index (χ4v) is 1.34. The van der Waals surface area contributed by atoms with Crippen molar-refractivity contribution in [1.82, 2.24) is 5.32 Å². The summed E-state index contributed by atoms with van der Waals surface area (Å²) >= 11 is 5.57. The Labute approximate surface area is 105 Å². The SMILES string of the molecule is CCC(C)(O)CNC(=O)c1cccc(Cl)c1F. The van der Waals surface area contributed by atoms with Crippen LogP contribution in [0.3, 0.4) is 0 Å². The van der Waals surface area contributed by atoms with Crippen molar-refractivity contribution in [3.8, 4) is 0 Å². The van der Waals surface area contributed by atoms with Crippen LogP contribution in [-0.2, 0) is 0 Å². The van der Waals surface area contributed by atoms with Gasteiger partial charge in [-0.15, -0.1) is 0 Å². The first-order valence-corrected chi connectivity index (χ1v) is 5.70. The second kappa shape index (κ2) is 5.47. The molecule has 0 saturated heterocycles. The van der Waals surface area contributed by atoms with Crippen molar-refractivity contribution in [3.63, 3.8) is 0 Å². The smallest absolute Gasteiger partial charge is 0.254 e. The Bertz CT molecular complexity index is 421. The van der Waals surface area contributed by atoms with Crippen molar-refractivity contribution < 1.29 is 14.3 Å². The summed E-state index contributed by atoms with van der Waals surface area (Å²) in [5.41, 5.74) is -1.12. The predicted octanol–water partition coefficient (Wildman–Crippen LogP) is 2.37. The standard InChI is InChI=1S/C12H15ClFNO2/c1-3-12(2,17)7-15-11(16)8-5-4-6-9(13)10(8)14/h4-6,17H,3,7H2,1-2H3,(H,15,16). The lowest BCUT2D eigenvalue weighted by Crippen LogP contribution is -2.40. The monoisotopic (exact) mass is 259 g/mol. The van der Waals surface area contributed by atoms with Gasteiger partial charge in [0.2, 0.25) is 0 Å². The molecule has 3 nitrogen and oxygen atoms in total. The third kappa shape index (κ3) is 3.68. The summed E-state index contributed by atoms with van der Waals surface area (Å²) in [7, 11) is 0. The third-order valence-corrected chi connectivity index (χ3v) is 2.88. The molecule has 1 aromatic rings. The van der Waals surface area contributed by atoms with Crippen molar-refractivity contribution in [2.75, 3.05) is 6.54 Å². The molecule has 0 radical (unpaired) electrons. The Hall–Kier alpha value is -1.13. The molecule has 1 atom stereocenters.